The number of aromatic nitrogens is 1. The summed E-state index contributed by atoms with van der Waals surface area (Å²) >= 11 is 0. The molecule has 1 aromatic carbocycles. The molecule has 1 atom stereocenters. The largest absolute Gasteiger partial charge is 0.478 e. The Morgan fingerprint density at radius 3 is 2.19 bits per heavy atom. The van der Waals surface area contributed by atoms with Gasteiger partial charge in [-0.25, -0.2) is 4.79 Å². The Labute approximate surface area is 186 Å². The predicted molar refractivity (Wildman–Crippen MR) is 123 cm³/mol. The van der Waals surface area contributed by atoms with Crippen molar-refractivity contribution in [2.45, 2.75) is 78.4 Å². The summed E-state index contributed by atoms with van der Waals surface area (Å²) in [4.78, 5) is 12.2. The van der Waals surface area contributed by atoms with Gasteiger partial charge >= 0.3 is 5.97 Å². The van der Waals surface area contributed by atoms with E-state index in [0.717, 1.165) is 34.7 Å². The van der Waals surface area contributed by atoms with Crippen molar-refractivity contribution in [2.24, 2.45) is 23.2 Å². The molecule has 6 rings (SSSR count). The maximum atomic E-state index is 12.2. The van der Waals surface area contributed by atoms with Crippen molar-refractivity contribution in [1.82, 2.24) is 9.88 Å². The maximum Gasteiger partial charge on any atom is 0.337 e. The van der Waals surface area contributed by atoms with E-state index in [2.05, 4.69) is 35.9 Å². The van der Waals surface area contributed by atoms with E-state index in [1.807, 2.05) is 25.1 Å². The number of carbonyl (C=O) groups is 1. The van der Waals surface area contributed by atoms with Crippen molar-refractivity contribution in [1.29, 1.82) is 0 Å². The zero-order chi connectivity index (χ0) is 21.8. The van der Waals surface area contributed by atoms with Gasteiger partial charge in [0, 0.05) is 36.1 Å². The summed E-state index contributed by atoms with van der Waals surface area (Å²) in [6.07, 6.45) is 8.46. The van der Waals surface area contributed by atoms with Gasteiger partial charge in [0.25, 0.3) is 0 Å². The molecule has 4 heteroatoms. The van der Waals surface area contributed by atoms with Crippen LogP contribution in [-0.4, -0.2) is 21.7 Å². The smallest absolute Gasteiger partial charge is 0.337 e. The highest BCUT2D eigenvalue weighted by Gasteiger charge is 2.53. The van der Waals surface area contributed by atoms with Crippen LogP contribution in [0, 0.1) is 37.0 Å². The van der Waals surface area contributed by atoms with Crippen LogP contribution in [0.25, 0.3) is 0 Å². The molecule has 4 aliphatic rings. The molecule has 31 heavy (non-hydrogen) atoms. The first kappa shape index (κ1) is 20.8. The fourth-order valence-electron chi connectivity index (χ4n) is 7.63. The molecule has 1 aromatic heterocycles. The van der Waals surface area contributed by atoms with Crippen molar-refractivity contribution < 1.29 is 9.90 Å². The van der Waals surface area contributed by atoms with Gasteiger partial charge in [0.1, 0.15) is 0 Å². The number of carboxylic acid groups (broad SMARTS) is 1. The van der Waals surface area contributed by atoms with Crippen LogP contribution in [0.5, 0.6) is 0 Å². The van der Waals surface area contributed by atoms with E-state index >= 15 is 0 Å². The van der Waals surface area contributed by atoms with Crippen molar-refractivity contribution in [2.75, 3.05) is 0 Å². The lowest BCUT2D eigenvalue weighted by molar-refractivity contribution is -0.0706. The van der Waals surface area contributed by atoms with E-state index in [4.69, 9.17) is 0 Å². The van der Waals surface area contributed by atoms with E-state index in [9.17, 15) is 9.90 Å². The molecule has 4 fully saturated rings. The van der Waals surface area contributed by atoms with Gasteiger partial charge in [-0.05, 0) is 88.0 Å². The molecule has 166 valence electrons. The monoisotopic (exact) mass is 420 g/mol. The number of aromatic carboxylic acids is 1. The molecule has 0 amide bonds. The summed E-state index contributed by atoms with van der Waals surface area (Å²) in [7, 11) is 0. The van der Waals surface area contributed by atoms with Crippen molar-refractivity contribution in [3.63, 3.8) is 0 Å². The Bertz CT molecular complexity index is 940. The number of hydrogen-bond acceptors (Lipinski definition) is 2. The Balaban J connectivity index is 1.37. The minimum absolute atomic E-state index is 0.424. The molecule has 4 bridgehead atoms. The molecule has 4 saturated carbocycles. The molecule has 2 N–H and O–H groups in total. The highest BCUT2D eigenvalue weighted by molar-refractivity contribution is 5.91. The molecule has 0 radical (unpaired) electrons. The third-order valence-corrected chi connectivity index (χ3v) is 8.90. The Kier molecular flexibility index (Phi) is 5.24. The highest BCUT2D eigenvalue weighted by Crippen LogP contribution is 2.61. The van der Waals surface area contributed by atoms with Gasteiger partial charge in [0.2, 0.25) is 0 Å². The van der Waals surface area contributed by atoms with Crippen molar-refractivity contribution >= 4 is 5.97 Å². The Morgan fingerprint density at radius 2 is 1.65 bits per heavy atom. The number of nitrogens with one attached hydrogen (secondary N) is 1. The van der Waals surface area contributed by atoms with Gasteiger partial charge in [-0.15, -0.1) is 0 Å². The highest BCUT2D eigenvalue weighted by atomic mass is 16.4. The van der Waals surface area contributed by atoms with Crippen LogP contribution >= 0.6 is 0 Å². The third kappa shape index (κ3) is 3.63. The van der Waals surface area contributed by atoms with Crippen LogP contribution in [0.3, 0.4) is 0 Å². The summed E-state index contributed by atoms with van der Waals surface area (Å²) < 4.78 is 2.17. The van der Waals surface area contributed by atoms with Gasteiger partial charge < -0.3 is 15.0 Å². The number of nitrogens with zero attached hydrogens (tertiary/aromatic N) is 1. The van der Waals surface area contributed by atoms with Crippen LogP contribution in [0.15, 0.2) is 30.3 Å². The zero-order valence-corrected chi connectivity index (χ0v) is 19.2. The molecule has 2 aromatic rings. The minimum Gasteiger partial charge on any atom is -0.478 e. The predicted octanol–water partition coefficient (Wildman–Crippen LogP) is 5.55. The molecule has 0 spiro atoms. The summed E-state index contributed by atoms with van der Waals surface area (Å²) in [5.41, 5.74) is 4.99. The molecule has 1 heterocycles. The normalized spacial score (nSPS) is 30.0. The van der Waals surface area contributed by atoms with Crippen molar-refractivity contribution in [3.05, 3.63) is 58.4 Å². The van der Waals surface area contributed by atoms with E-state index in [-0.39, 0.29) is 0 Å². The molecular formula is C27H36N2O2. The van der Waals surface area contributed by atoms with Crippen LogP contribution in [0.1, 0.15) is 78.3 Å². The number of benzene rings is 1. The Morgan fingerprint density at radius 1 is 1.06 bits per heavy atom. The SMILES string of the molecule is Cc1c(CN[C@@H](C)C23CC4CC(CC(C4)C2)C3)c(C(=O)O)c(C)n1Cc1ccccc1. The van der Waals surface area contributed by atoms with Gasteiger partial charge in [0.15, 0.2) is 0 Å². The quantitative estimate of drug-likeness (QED) is 0.618. The minimum atomic E-state index is -0.813. The maximum absolute atomic E-state index is 12.2. The number of rotatable bonds is 7. The standard InChI is InChI=1S/C27H36N2O2/c1-17-24(25(26(30)31)18(2)29(17)16-20-7-5-4-6-8-20)15-28-19(3)27-12-21-9-22(13-27)11-23(10-21)14-27/h4-8,19,21-23,28H,9-16H2,1-3H3,(H,30,31)/t19-,21?,22?,23?,27?/m0/s1. The lowest BCUT2D eigenvalue weighted by Gasteiger charge is -2.59. The second-order valence-corrected chi connectivity index (χ2v) is 10.8. The zero-order valence-electron chi connectivity index (χ0n) is 19.2. The van der Waals surface area contributed by atoms with Crippen LogP contribution in [0.4, 0.5) is 0 Å². The fourth-order valence-corrected chi connectivity index (χ4v) is 7.63. The van der Waals surface area contributed by atoms with Crippen LogP contribution in [0.2, 0.25) is 0 Å². The second-order valence-electron chi connectivity index (χ2n) is 10.8. The summed E-state index contributed by atoms with van der Waals surface area (Å²) in [6.45, 7) is 7.74. The second kappa shape index (κ2) is 7.81. The molecule has 4 aliphatic carbocycles. The molecule has 0 unspecified atom stereocenters. The fraction of sp³-hybridized carbons (Fsp3) is 0.593. The van der Waals surface area contributed by atoms with Crippen LogP contribution < -0.4 is 5.32 Å². The average molecular weight is 421 g/mol. The first-order chi connectivity index (χ1) is 14.9. The topological polar surface area (TPSA) is 54.3 Å². The Hall–Kier alpha value is -2.07. The molecular weight excluding hydrogens is 384 g/mol. The number of carboxylic acids is 1. The summed E-state index contributed by atoms with van der Waals surface area (Å²) in [5.74, 6) is 1.98. The lowest BCUT2D eigenvalue weighted by Crippen LogP contribution is -2.54. The van der Waals surface area contributed by atoms with Gasteiger partial charge in [-0.2, -0.15) is 0 Å². The van der Waals surface area contributed by atoms with E-state index in [0.29, 0.717) is 30.1 Å². The van der Waals surface area contributed by atoms with E-state index in [1.54, 1.807) is 0 Å². The summed E-state index contributed by atoms with van der Waals surface area (Å²) in [5, 5.41) is 13.8. The van der Waals surface area contributed by atoms with Crippen molar-refractivity contribution in [3.8, 4) is 0 Å². The summed E-state index contributed by atoms with van der Waals surface area (Å²) in [6, 6.07) is 10.7. The van der Waals surface area contributed by atoms with Crippen LogP contribution in [-0.2, 0) is 13.1 Å². The first-order valence-corrected chi connectivity index (χ1v) is 12.1. The van der Waals surface area contributed by atoms with E-state index in [1.165, 1.54) is 44.1 Å². The van der Waals surface area contributed by atoms with E-state index < -0.39 is 5.97 Å². The average Bonchev–Trinajstić information content (AvgIpc) is 2.96. The number of hydrogen-bond donors (Lipinski definition) is 2. The van der Waals surface area contributed by atoms with Gasteiger partial charge in [0.05, 0.1) is 5.56 Å². The van der Waals surface area contributed by atoms with Gasteiger partial charge in [-0.3, -0.25) is 0 Å². The molecule has 0 saturated heterocycles. The first-order valence-electron chi connectivity index (χ1n) is 12.1. The van der Waals surface area contributed by atoms with Gasteiger partial charge in [-0.1, -0.05) is 30.3 Å². The lowest BCUT2D eigenvalue weighted by atomic mass is 9.48. The molecule has 0 aliphatic heterocycles. The molecule has 4 nitrogen and oxygen atoms in total. The third-order valence-electron chi connectivity index (χ3n) is 8.90.